The number of benzene rings is 1. The van der Waals surface area contributed by atoms with Crippen LogP contribution in [0.2, 0.25) is 0 Å². The maximum absolute atomic E-state index is 11.9. The summed E-state index contributed by atoms with van der Waals surface area (Å²) in [6, 6.07) is 4.15. The zero-order chi connectivity index (χ0) is 20.5. The Morgan fingerprint density at radius 3 is 2.17 bits per heavy atom. The van der Waals surface area contributed by atoms with E-state index in [4.69, 9.17) is 14.2 Å². The number of carbonyl (C=O) groups is 1. The molecule has 1 saturated carbocycles. The van der Waals surface area contributed by atoms with Crippen LogP contribution in [0, 0.1) is 0 Å². The smallest absolute Gasteiger partial charge is 0.241 e. The Balaban J connectivity index is 0.00000420. The van der Waals surface area contributed by atoms with E-state index in [1.807, 2.05) is 12.1 Å². The molecule has 1 aromatic rings. The van der Waals surface area contributed by atoms with Crippen molar-refractivity contribution in [3.8, 4) is 17.2 Å². The van der Waals surface area contributed by atoms with E-state index in [-0.39, 0.29) is 36.4 Å². The lowest BCUT2D eigenvalue weighted by Crippen LogP contribution is -2.46. The van der Waals surface area contributed by atoms with Gasteiger partial charge in [-0.1, -0.05) is 12.8 Å². The largest absolute Gasteiger partial charge is 0.493 e. The number of rotatable bonds is 8. The lowest BCUT2D eigenvalue weighted by atomic mass is 10.2. The first-order valence-electron chi connectivity index (χ1n) is 9.52. The van der Waals surface area contributed by atoms with Crippen molar-refractivity contribution < 1.29 is 19.0 Å². The number of amides is 1. The van der Waals surface area contributed by atoms with Gasteiger partial charge in [0.2, 0.25) is 11.7 Å². The monoisotopic (exact) mass is 520 g/mol. The Morgan fingerprint density at radius 2 is 1.69 bits per heavy atom. The lowest BCUT2D eigenvalue weighted by Gasteiger charge is -2.19. The van der Waals surface area contributed by atoms with Crippen molar-refractivity contribution >= 4 is 35.8 Å². The van der Waals surface area contributed by atoms with Crippen molar-refractivity contribution in [1.82, 2.24) is 15.5 Å². The van der Waals surface area contributed by atoms with Crippen molar-refractivity contribution in [3.63, 3.8) is 0 Å². The first-order valence-corrected chi connectivity index (χ1v) is 9.52. The van der Waals surface area contributed by atoms with Gasteiger partial charge in [0.1, 0.15) is 0 Å². The van der Waals surface area contributed by atoms with Gasteiger partial charge >= 0.3 is 0 Å². The molecule has 0 aliphatic heterocycles. The minimum absolute atomic E-state index is 0. The summed E-state index contributed by atoms with van der Waals surface area (Å²) in [7, 11) is 8.23. The summed E-state index contributed by atoms with van der Waals surface area (Å²) < 4.78 is 16.2. The Bertz CT molecular complexity index is 666. The molecular formula is C20H33IN4O4. The molecule has 1 fully saturated rings. The van der Waals surface area contributed by atoms with Crippen molar-refractivity contribution in [2.75, 3.05) is 42.0 Å². The van der Waals surface area contributed by atoms with Crippen LogP contribution in [0.25, 0.3) is 0 Å². The Kier molecular flexibility index (Phi) is 10.9. The van der Waals surface area contributed by atoms with Crippen LogP contribution in [0.3, 0.4) is 0 Å². The van der Waals surface area contributed by atoms with Gasteiger partial charge in [-0.2, -0.15) is 0 Å². The van der Waals surface area contributed by atoms with E-state index in [1.54, 1.807) is 40.3 Å². The molecule has 29 heavy (non-hydrogen) atoms. The SMILES string of the molecule is COc1cc(CN=C(NCC(=O)N(C)C)NC2CCCC2)cc(OC)c1OC.I. The molecule has 164 valence electrons. The van der Waals surface area contributed by atoms with Crippen LogP contribution in [0.1, 0.15) is 31.2 Å². The fraction of sp³-hybridized carbons (Fsp3) is 0.600. The highest BCUT2D eigenvalue weighted by atomic mass is 127. The molecular weight excluding hydrogens is 487 g/mol. The second-order valence-corrected chi connectivity index (χ2v) is 6.97. The van der Waals surface area contributed by atoms with Crippen LogP contribution in [0.15, 0.2) is 17.1 Å². The molecule has 8 nitrogen and oxygen atoms in total. The van der Waals surface area contributed by atoms with Crippen LogP contribution in [-0.4, -0.2) is 64.8 Å². The molecule has 0 spiro atoms. The Labute approximate surface area is 190 Å². The Morgan fingerprint density at radius 1 is 1.10 bits per heavy atom. The minimum atomic E-state index is -0.00583. The molecule has 1 aliphatic carbocycles. The predicted octanol–water partition coefficient (Wildman–Crippen LogP) is 2.40. The Hall–Kier alpha value is -1.91. The molecule has 0 atom stereocenters. The van der Waals surface area contributed by atoms with Gasteiger partial charge in [-0.15, -0.1) is 24.0 Å². The summed E-state index contributed by atoms with van der Waals surface area (Å²) in [5.41, 5.74) is 0.918. The summed E-state index contributed by atoms with van der Waals surface area (Å²) >= 11 is 0. The third-order valence-corrected chi connectivity index (χ3v) is 4.75. The minimum Gasteiger partial charge on any atom is -0.493 e. The molecule has 0 saturated heterocycles. The van der Waals surface area contributed by atoms with Crippen molar-refractivity contribution in [2.24, 2.45) is 4.99 Å². The van der Waals surface area contributed by atoms with Gasteiger partial charge in [-0.25, -0.2) is 4.99 Å². The zero-order valence-electron chi connectivity index (χ0n) is 17.9. The zero-order valence-corrected chi connectivity index (χ0v) is 20.2. The number of hydrogen-bond donors (Lipinski definition) is 2. The van der Waals surface area contributed by atoms with Gasteiger partial charge in [0.15, 0.2) is 17.5 Å². The van der Waals surface area contributed by atoms with Gasteiger partial charge < -0.3 is 29.7 Å². The highest BCUT2D eigenvalue weighted by Crippen LogP contribution is 2.38. The van der Waals surface area contributed by atoms with E-state index in [1.165, 1.54) is 12.8 Å². The van der Waals surface area contributed by atoms with Gasteiger partial charge in [0.05, 0.1) is 34.4 Å². The number of methoxy groups -OCH3 is 3. The number of halogens is 1. The quantitative estimate of drug-likeness (QED) is 0.311. The van der Waals surface area contributed by atoms with E-state index in [9.17, 15) is 4.79 Å². The number of aliphatic imine (C=N–C) groups is 1. The first kappa shape index (κ1) is 25.1. The number of nitrogens with zero attached hydrogens (tertiary/aromatic N) is 2. The van der Waals surface area contributed by atoms with Gasteiger partial charge in [-0.3, -0.25) is 4.79 Å². The molecule has 0 radical (unpaired) electrons. The van der Waals surface area contributed by atoms with E-state index < -0.39 is 0 Å². The third-order valence-electron chi connectivity index (χ3n) is 4.75. The average molecular weight is 520 g/mol. The first-order chi connectivity index (χ1) is 13.5. The summed E-state index contributed by atoms with van der Waals surface area (Å²) in [4.78, 5) is 18.2. The molecule has 1 amide bonds. The number of likely N-dealkylation sites (N-methyl/N-ethyl adjacent to an activating group) is 1. The molecule has 2 rings (SSSR count). The standard InChI is InChI=1S/C20H32N4O4.HI/c1-24(2)18(25)13-22-20(23-15-8-6-7-9-15)21-12-14-10-16(26-3)19(28-5)17(11-14)27-4;/h10-11,15H,6-9,12-13H2,1-5H3,(H2,21,22,23);1H. The van der Waals surface area contributed by atoms with Gasteiger partial charge in [-0.05, 0) is 30.5 Å². The van der Waals surface area contributed by atoms with Crippen LogP contribution < -0.4 is 24.8 Å². The molecule has 2 N–H and O–H groups in total. The fourth-order valence-electron chi connectivity index (χ4n) is 3.13. The van der Waals surface area contributed by atoms with Crippen molar-refractivity contribution in [3.05, 3.63) is 17.7 Å². The molecule has 9 heteroatoms. The van der Waals surface area contributed by atoms with Crippen molar-refractivity contribution in [1.29, 1.82) is 0 Å². The average Bonchev–Trinajstić information content (AvgIpc) is 3.21. The van der Waals surface area contributed by atoms with Crippen LogP contribution in [0.4, 0.5) is 0 Å². The summed E-state index contributed by atoms with van der Waals surface area (Å²) in [6.45, 7) is 0.607. The molecule has 1 aromatic carbocycles. The second-order valence-electron chi connectivity index (χ2n) is 6.97. The summed E-state index contributed by atoms with van der Waals surface area (Å²) in [5.74, 6) is 2.36. The molecule has 0 unspecified atom stereocenters. The van der Waals surface area contributed by atoms with E-state index >= 15 is 0 Å². The molecule has 1 aliphatic rings. The highest BCUT2D eigenvalue weighted by molar-refractivity contribution is 14.0. The van der Waals surface area contributed by atoms with Crippen LogP contribution >= 0.6 is 24.0 Å². The predicted molar refractivity (Wildman–Crippen MR) is 125 cm³/mol. The number of nitrogens with one attached hydrogen (secondary N) is 2. The number of hydrogen-bond acceptors (Lipinski definition) is 5. The maximum Gasteiger partial charge on any atom is 0.241 e. The molecule has 0 aromatic heterocycles. The van der Waals surface area contributed by atoms with E-state index in [2.05, 4.69) is 15.6 Å². The maximum atomic E-state index is 11.9. The van der Waals surface area contributed by atoms with Crippen LogP contribution in [-0.2, 0) is 11.3 Å². The summed E-state index contributed by atoms with van der Waals surface area (Å²) in [6.07, 6.45) is 4.67. The normalized spacial score (nSPS) is 14.0. The van der Waals surface area contributed by atoms with Crippen molar-refractivity contribution in [2.45, 2.75) is 38.3 Å². The van der Waals surface area contributed by atoms with E-state index in [0.717, 1.165) is 18.4 Å². The highest BCUT2D eigenvalue weighted by Gasteiger charge is 2.17. The third kappa shape index (κ3) is 7.45. The number of carbonyl (C=O) groups excluding carboxylic acids is 1. The lowest BCUT2D eigenvalue weighted by molar-refractivity contribution is -0.127. The topological polar surface area (TPSA) is 84.4 Å². The summed E-state index contributed by atoms with van der Waals surface area (Å²) in [5, 5.41) is 6.58. The van der Waals surface area contributed by atoms with Crippen LogP contribution in [0.5, 0.6) is 17.2 Å². The number of guanidine groups is 1. The second kappa shape index (κ2) is 12.6. The fourth-order valence-corrected chi connectivity index (χ4v) is 3.13. The van der Waals surface area contributed by atoms with Gasteiger partial charge in [0, 0.05) is 20.1 Å². The van der Waals surface area contributed by atoms with Gasteiger partial charge in [0.25, 0.3) is 0 Å². The van der Waals surface area contributed by atoms with E-state index in [0.29, 0.717) is 35.8 Å². The molecule has 0 bridgehead atoms. The molecule has 0 heterocycles. The number of ether oxygens (including phenoxy) is 3.